The van der Waals surface area contributed by atoms with Gasteiger partial charge in [0.2, 0.25) is 0 Å². The fourth-order valence-corrected chi connectivity index (χ4v) is 2.02. The number of carbonyl (C=O) groups excluding carboxylic acids is 2. The summed E-state index contributed by atoms with van der Waals surface area (Å²) in [5, 5.41) is 15.3. The second-order valence-corrected chi connectivity index (χ2v) is 4.76. The number of carbonyl (C=O) groups is 2. The molecule has 0 bridgehead atoms. The number of carboxylic acids is 1. The van der Waals surface area contributed by atoms with Crippen LogP contribution >= 0.6 is 0 Å². The van der Waals surface area contributed by atoms with E-state index in [2.05, 4.69) is 10.5 Å². The maximum Gasteiger partial charge on any atom is 0.307 e. The van der Waals surface area contributed by atoms with Crippen LogP contribution in [0.4, 0.5) is 0 Å². The number of furan rings is 1. The highest BCUT2D eigenvalue weighted by molar-refractivity contribution is 5.96. The van der Waals surface area contributed by atoms with Gasteiger partial charge in [0.05, 0.1) is 12.2 Å². The molecule has 1 aromatic heterocycles. The van der Waals surface area contributed by atoms with Crippen LogP contribution < -0.4 is 10.5 Å². The summed E-state index contributed by atoms with van der Waals surface area (Å²) >= 11 is 0. The number of nitrogens with one attached hydrogen (secondary N) is 1. The van der Waals surface area contributed by atoms with Gasteiger partial charge in [-0.2, -0.15) is 5.10 Å². The van der Waals surface area contributed by atoms with E-state index < -0.39 is 11.9 Å². The number of carboxylic acid groups (broad SMARTS) is 1. The first-order chi connectivity index (χ1) is 11.1. The van der Waals surface area contributed by atoms with Crippen molar-refractivity contribution in [2.24, 2.45) is 5.10 Å². The zero-order valence-corrected chi connectivity index (χ0v) is 11.9. The lowest BCUT2D eigenvalue weighted by molar-refractivity contribution is -0.255. The number of benzene rings is 2. The van der Waals surface area contributed by atoms with Gasteiger partial charge in [0.25, 0.3) is 0 Å². The number of rotatable bonds is 4. The Bertz CT molecular complexity index is 861. The summed E-state index contributed by atoms with van der Waals surface area (Å²) in [4.78, 5) is 22.6. The molecule has 3 aromatic rings. The van der Waals surface area contributed by atoms with Crippen LogP contribution in [0.1, 0.15) is 26.5 Å². The molecule has 0 unspecified atom stereocenters. The number of aromatic carboxylic acids is 1. The summed E-state index contributed by atoms with van der Waals surface area (Å²) in [6, 6.07) is 14.8. The van der Waals surface area contributed by atoms with Crippen molar-refractivity contribution in [3.05, 3.63) is 71.5 Å². The van der Waals surface area contributed by atoms with E-state index in [9.17, 15) is 14.7 Å². The van der Waals surface area contributed by atoms with E-state index in [0.29, 0.717) is 11.1 Å². The van der Waals surface area contributed by atoms with Gasteiger partial charge in [-0.3, -0.25) is 4.79 Å². The van der Waals surface area contributed by atoms with Gasteiger partial charge in [-0.25, -0.2) is 5.43 Å². The van der Waals surface area contributed by atoms with E-state index in [0.717, 1.165) is 5.39 Å². The quantitative estimate of drug-likeness (QED) is 0.584. The maximum absolute atomic E-state index is 11.9. The topological polar surface area (TPSA) is 94.7 Å². The van der Waals surface area contributed by atoms with Crippen molar-refractivity contribution in [3.63, 3.8) is 0 Å². The lowest BCUT2D eigenvalue weighted by Crippen LogP contribution is -2.22. The molecule has 0 saturated carbocycles. The maximum atomic E-state index is 11.9. The van der Waals surface area contributed by atoms with E-state index in [4.69, 9.17) is 4.42 Å². The van der Waals surface area contributed by atoms with E-state index in [-0.39, 0.29) is 11.3 Å². The molecule has 6 nitrogen and oxygen atoms in total. The van der Waals surface area contributed by atoms with Gasteiger partial charge in [-0.15, -0.1) is 0 Å². The number of hydrazone groups is 1. The molecule has 0 fully saturated rings. The Kier molecular flexibility index (Phi) is 3.88. The number of nitrogens with zero attached hydrogens (tertiary/aromatic N) is 1. The van der Waals surface area contributed by atoms with Crippen molar-refractivity contribution in [1.82, 2.24) is 5.43 Å². The molecule has 0 atom stereocenters. The van der Waals surface area contributed by atoms with E-state index in [1.54, 1.807) is 24.3 Å². The molecule has 0 radical (unpaired) electrons. The molecular formula is C17H11N2O4-. The molecule has 1 heterocycles. The Labute approximate surface area is 131 Å². The third-order valence-electron chi connectivity index (χ3n) is 3.18. The van der Waals surface area contributed by atoms with Gasteiger partial charge in [-0.05, 0) is 23.3 Å². The van der Waals surface area contributed by atoms with Crippen LogP contribution in [0, 0.1) is 0 Å². The van der Waals surface area contributed by atoms with Crippen LogP contribution in [0.2, 0.25) is 0 Å². The van der Waals surface area contributed by atoms with Gasteiger partial charge in [0.1, 0.15) is 5.58 Å². The smallest absolute Gasteiger partial charge is 0.307 e. The van der Waals surface area contributed by atoms with E-state index >= 15 is 0 Å². The normalized spacial score (nSPS) is 11.0. The van der Waals surface area contributed by atoms with Gasteiger partial charge in [0, 0.05) is 5.39 Å². The van der Waals surface area contributed by atoms with Crippen LogP contribution in [0.25, 0.3) is 11.0 Å². The largest absolute Gasteiger partial charge is 0.545 e. The fraction of sp³-hybridized carbons (Fsp3) is 0. The van der Waals surface area contributed by atoms with Crippen LogP contribution in [-0.4, -0.2) is 18.1 Å². The minimum Gasteiger partial charge on any atom is -0.545 e. The lowest BCUT2D eigenvalue weighted by Gasteiger charge is -2.01. The number of amides is 1. The van der Waals surface area contributed by atoms with Crippen LogP contribution in [0.15, 0.2) is 64.1 Å². The fourth-order valence-electron chi connectivity index (χ4n) is 2.02. The van der Waals surface area contributed by atoms with E-state index in [1.807, 2.05) is 18.2 Å². The molecule has 0 saturated heterocycles. The molecule has 3 rings (SSSR count). The monoisotopic (exact) mass is 307 g/mol. The molecule has 2 aromatic carbocycles. The van der Waals surface area contributed by atoms with Crippen molar-refractivity contribution in [3.8, 4) is 0 Å². The predicted molar refractivity (Wildman–Crippen MR) is 82.0 cm³/mol. The zero-order chi connectivity index (χ0) is 16.2. The van der Waals surface area contributed by atoms with Gasteiger partial charge >= 0.3 is 5.91 Å². The van der Waals surface area contributed by atoms with Crippen molar-refractivity contribution in [2.75, 3.05) is 0 Å². The highest BCUT2D eigenvalue weighted by atomic mass is 16.4. The van der Waals surface area contributed by atoms with Crippen molar-refractivity contribution in [2.45, 2.75) is 0 Å². The molecule has 0 aliphatic carbocycles. The Hall–Kier alpha value is -3.41. The van der Waals surface area contributed by atoms with Crippen molar-refractivity contribution in [1.29, 1.82) is 0 Å². The summed E-state index contributed by atoms with van der Waals surface area (Å²) in [5.41, 5.74) is 3.69. The standard InChI is InChI=1S/C17H12N2O4/c20-16(15-9-13-3-1-2-4-14(13)23-15)19-18-10-11-5-7-12(8-6-11)17(21)22/h1-10H,(H,19,20)(H,21,22)/p-1. The Balaban J connectivity index is 1.67. The van der Waals surface area contributed by atoms with Gasteiger partial charge < -0.3 is 14.3 Å². The third kappa shape index (κ3) is 3.26. The first kappa shape index (κ1) is 14.5. The Morgan fingerprint density at radius 1 is 1.09 bits per heavy atom. The zero-order valence-electron chi connectivity index (χ0n) is 11.9. The molecule has 0 spiro atoms. The number of fused-ring (bicyclic) bond motifs is 1. The first-order valence-electron chi connectivity index (χ1n) is 6.77. The average Bonchev–Trinajstić information content (AvgIpc) is 2.99. The average molecular weight is 307 g/mol. The second-order valence-electron chi connectivity index (χ2n) is 4.76. The van der Waals surface area contributed by atoms with Gasteiger partial charge in [0.15, 0.2) is 5.76 Å². The second kappa shape index (κ2) is 6.15. The summed E-state index contributed by atoms with van der Waals surface area (Å²) in [6.45, 7) is 0. The minimum absolute atomic E-state index is 0.0773. The summed E-state index contributed by atoms with van der Waals surface area (Å²) in [6.07, 6.45) is 1.40. The molecular weight excluding hydrogens is 296 g/mol. The SMILES string of the molecule is O=C([O-])c1ccc(C=NNC(=O)c2cc3ccccc3o2)cc1. The summed E-state index contributed by atoms with van der Waals surface area (Å²) in [7, 11) is 0. The lowest BCUT2D eigenvalue weighted by atomic mass is 10.1. The summed E-state index contributed by atoms with van der Waals surface area (Å²) < 4.78 is 5.42. The van der Waals surface area contributed by atoms with Crippen molar-refractivity contribution >= 4 is 29.1 Å². The number of hydrogen-bond donors (Lipinski definition) is 1. The molecule has 6 heteroatoms. The molecule has 23 heavy (non-hydrogen) atoms. The van der Waals surface area contributed by atoms with Gasteiger partial charge in [-0.1, -0.05) is 42.5 Å². The molecule has 0 aliphatic heterocycles. The molecule has 0 aliphatic rings. The first-order valence-corrected chi connectivity index (χ1v) is 6.77. The Morgan fingerprint density at radius 3 is 2.52 bits per heavy atom. The highest BCUT2D eigenvalue weighted by Crippen LogP contribution is 2.18. The number of hydrogen-bond acceptors (Lipinski definition) is 5. The van der Waals surface area contributed by atoms with Crippen LogP contribution in [-0.2, 0) is 0 Å². The minimum atomic E-state index is -1.24. The van der Waals surface area contributed by atoms with Crippen LogP contribution in [0.5, 0.6) is 0 Å². The molecule has 1 N–H and O–H groups in total. The molecule has 114 valence electrons. The summed E-state index contributed by atoms with van der Waals surface area (Å²) in [5.74, 6) is -1.55. The van der Waals surface area contributed by atoms with Crippen LogP contribution in [0.3, 0.4) is 0 Å². The molecule has 1 amide bonds. The Morgan fingerprint density at radius 2 is 1.83 bits per heavy atom. The number of para-hydroxylation sites is 1. The third-order valence-corrected chi connectivity index (χ3v) is 3.18. The van der Waals surface area contributed by atoms with E-state index in [1.165, 1.54) is 18.3 Å². The van der Waals surface area contributed by atoms with Crippen molar-refractivity contribution < 1.29 is 19.1 Å². The highest BCUT2D eigenvalue weighted by Gasteiger charge is 2.10. The predicted octanol–water partition coefficient (Wildman–Crippen LogP) is 1.56.